The van der Waals surface area contributed by atoms with Gasteiger partial charge in [0.15, 0.2) is 0 Å². The van der Waals surface area contributed by atoms with E-state index in [1.807, 2.05) is 0 Å². The highest BCUT2D eigenvalue weighted by atomic mass is 32.2. The summed E-state index contributed by atoms with van der Waals surface area (Å²) in [4.78, 5) is 10.9. The van der Waals surface area contributed by atoms with Crippen molar-refractivity contribution in [3.8, 4) is 0 Å². The quantitative estimate of drug-likeness (QED) is 0.296. The highest BCUT2D eigenvalue weighted by molar-refractivity contribution is 7.79. The van der Waals surface area contributed by atoms with Gasteiger partial charge in [-0.05, 0) is 17.5 Å². The highest BCUT2D eigenvalue weighted by Gasteiger charge is 2.01. The van der Waals surface area contributed by atoms with Crippen LogP contribution >= 0.6 is 0 Å². The average molecular weight is 291 g/mol. The first-order valence-electron chi connectivity index (χ1n) is 7.38. The van der Waals surface area contributed by atoms with E-state index in [9.17, 15) is 13.6 Å². The Labute approximate surface area is 119 Å². The number of hydrogen-bond acceptors (Lipinski definition) is 4. The van der Waals surface area contributed by atoms with Crippen molar-refractivity contribution in [3.63, 3.8) is 0 Å². The van der Waals surface area contributed by atoms with E-state index >= 15 is 0 Å². The van der Waals surface area contributed by atoms with Crippen LogP contribution in [0.15, 0.2) is 0 Å². The minimum Gasteiger partial charge on any atom is -0.772 e. The van der Waals surface area contributed by atoms with Gasteiger partial charge in [-0.2, -0.15) is 0 Å². The van der Waals surface area contributed by atoms with Crippen LogP contribution in [0.5, 0.6) is 0 Å². The molecule has 19 heavy (non-hydrogen) atoms. The molecule has 0 aliphatic carbocycles. The van der Waals surface area contributed by atoms with Crippen molar-refractivity contribution >= 4 is 17.0 Å². The number of unbranched alkanes of at least 4 members (excludes halogenated alkanes) is 9. The van der Waals surface area contributed by atoms with Crippen molar-refractivity contribution in [2.75, 3.05) is 12.4 Å². The lowest BCUT2D eigenvalue weighted by Gasteiger charge is -2.06. The number of esters is 1. The monoisotopic (exact) mass is 291 g/mol. The molecule has 5 heteroatoms. The predicted octanol–water partition coefficient (Wildman–Crippen LogP) is 3.33. The summed E-state index contributed by atoms with van der Waals surface area (Å²) in [6.07, 6.45) is 12.2. The van der Waals surface area contributed by atoms with Crippen LogP contribution in [-0.2, 0) is 20.6 Å². The van der Waals surface area contributed by atoms with E-state index in [0.29, 0.717) is 6.61 Å². The first kappa shape index (κ1) is 18.6. The van der Waals surface area contributed by atoms with Crippen LogP contribution < -0.4 is 0 Å². The van der Waals surface area contributed by atoms with Crippen molar-refractivity contribution in [2.45, 2.75) is 71.1 Å². The third-order valence-corrected chi connectivity index (χ3v) is 3.47. The van der Waals surface area contributed by atoms with E-state index < -0.39 is 22.8 Å². The lowest BCUT2D eigenvalue weighted by atomic mass is 10.1. The van der Waals surface area contributed by atoms with Gasteiger partial charge in [0.2, 0.25) is 0 Å². The SMILES string of the molecule is CCCCCCCCCCCCOC(=O)CS(=O)[O-]. The molecule has 4 nitrogen and oxygen atoms in total. The third-order valence-electron chi connectivity index (χ3n) is 3.00. The molecule has 0 amide bonds. The van der Waals surface area contributed by atoms with Gasteiger partial charge in [-0.1, -0.05) is 64.7 Å². The molecule has 0 fully saturated rings. The molecule has 0 rings (SSSR count). The molecule has 1 unspecified atom stereocenters. The Morgan fingerprint density at radius 1 is 0.947 bits per heavy atom. The lowest BCUT2D eigenvalue weighted by molar-refractivity contribution is -0.140. The maximum Gasteiger partial charge on any atom is 0.317 e. The number of rotatable bonds is 13. The lowest BCUT2D eigenvalue weighted by Crippen LogP contribution is -2.14. The van der Waals surface area contributed by atoms with Gasteiger partial charge in [0.25, 0.3) is 0 Å². The molecule has 0 aromatic carbocycles. The second-order valence-corrected chi connectivity index (χ2v) is 5.75. The summed E-state index contributed by atoms with van der Waals surface area (Å²) >= 11 is -2.34. The van der Waals surface area contributed by atoms with E-state index in [4.69, 9.17) is 4.74 Å². The standard InChI is InChI=1S/C14H28O4S/c1-2-3-4-5-6-7-8-9-10-11-12-18-14(15)13-19(16)17/h2-13H2,1H3,(H,16,17)/p-1. The van der Waals surface area contributed by atoms with E-state index in [1.54, 1.807) is 0 Å². The number of ether oxygens (including phenoxy) is 1. The van der Waals surface area contributed by atoms with Crippen LogP contribution in [0.25, 0.3) is 0 Å². The zero-order valence-electron chi connectivity index (χ0n) is 12.0. The Hall–Kier alpha value is -0.420. The highest BCUT2D eigenvalue weighted by Crippen LogP contribution is 2.10. The van der Waals surface area contributed by atoms with Crippen molar-refractivity contribution in [2.24, 2.45) is 0 Å². The first-order valence-corrected chi connectivity index (χ1v) is 8.62. The summed E-state index contributed by atoms with van der Waals surface area (Å²) in [5.74, 6) is -1.18. The van der Waals surface area contributed by atoms with Crippen molar-refractivity contribution < 1.29 is 18.3 Å². The molecule has 0 bridgehead atoms. The number of carbonyl (C=O) groups is 1. The van der Waals surface area contributed by atoms with E-state index in [0.717, 1.165) is 12.8 Å². The Morgan fingerprint density at radius 2 is 1.42 bits per heavy atom. The topological polar surface area (TPSA) is 66.4 Å². The fourth-order valence-corrected chi connectivity index (χ4v) is 2.19. The maximum absolute atomic E-state index is 10.9. The van der Waals surface area contributed by atoms with Crippen LogP contribution in [-0.4, -0.2) is 27.1 Å². The Balaban J connectivity index is 3.10. The summed E-state index contributed by atoms with van der Waals surface area (Å²) in [6, 6.07) is 0. The van der Waals surface area contributed by atoms with E-state index in [-0.39, 0.29) is 0 Å². The molecule has 0 aromatic heterocycles. The van der Waals surface area contributed by atoms with Crippen LogP contribution in [0.2, 0.25) is 0 Å². The van der Waals surface area contributed by atoms with Gasteiger partial charge < -0.3 is 9.29 Å². The number of hydrogen-bond donors (Lipinski definition) is 0. The molecule has 0 saturated carbocycles. The zero-order valence-corrected chi connectivity index (χ0v) is 12.8. The summed E-state index contributed by atoms with van der Waals surface area (Å²) < 4.78 is 25.2. The van der Waals surface area contributed by atoms with Gasteiger partial charge >= 0.3 is 5.97 Å². The van der Waals surface area contributed by atoms with Crippen molar-refractivity contribution in [1.82, 2.24) is 0 Å². The summed E-state index contributed by atoms with van der Waals surface area (Å²) in [5, 5.41) is 0. The fourth-order valence-electron chi connectivity index (χ4n) is 1.91. The van der Waals surface area contributed by atoms with Crippen LogP contribution in [0, 0.1) is 0 Å². The van der Waals surface area contributed by atoms with Crippen LogP contribution in [0.1, 0.15) is 71.1 Å². The third kappa shape index (κ3) is 15.5. The molecule has 0 aliphatic rings. The van der Waals surface area contributed by atoms with Crippen LogP contribution in [0.4, 0.5) is 0 Å². The molecular weight excluding hydrogens is 264 g/mol. The van der Waals surface area contributed by atoms with E-state index in [2.05, 4.69) is 6.92 Å². The average Bonchev–Trinajstić information content (AvgIpc) is 2.35. The predicted molar refractivity (Wildman–Crippen MR) is 76.6 cm³/mol. The molecule has 0 radical (unpaired) electrons. The Morgan fingerprint density at radius 3 is 1.89 bits per heavy atom. The second-order valence-electron chi connectivity index (χ2n) is 4.85. The van der Waals surface area contributed by atoms with Crippen molar-refractivity contribution in [1.29, 1.82) is 0 Å². The van der Waals surface area contributed by atoms with E-state index in [1.165, 1.54) is 51.4 Å². The molecule has 1 atom stereocenters. The first-order chi connectivity index (χ1) is 9.16. The van der Waals surface area contributed by atoms with Gasteiger partial charge in [0.05, 0.1) is 6.61 Å². The molecule has 0 spiro atoms. The minimum absolute atomic E-state index is 0.340. The van der Waals surface area contributed by atoms with Gasteiger partial charge in [-0.3, -0.25) is 9.00 Å². The minimum atomic E-state index is -2.34. The van der Waals surface area contributed by atoms with Gasteiger partial charge in [0, 0.05) is 0 Å². The van der Waals surface area contributed by atoms with Gasteiger partial charge in [0.1, 0.15) is 5.75 Å². The Bertz CT molecular complexity index is 244. The molecule has 0 heterocycles. The maximum atomic E-state index is 10.9. The van der Waals surface area contributed by atoms with Gasteiger partial charge in [-0.15, -0.1) is 0 Å². The van der Waals surface area contributed by atoms with Gasteiger partial charge in [-0.25, -0.2) is 0 Å². The fraction of sp³-hybridized carbons (Fsp3) is 0.929. The summed E-state index contributed by atoms with van der Waals surface area (Å²) in [5.41, 5.74) is 0. The summed E-state index contributed by atoms with van der Waals surface area (Å²) in [7, 11) is 0. The van der Waals surface area contributed by atoms with Crippen LogP contribution in [0.3, 0.4) is 0 Å². The largest absolute Gasteiger partial charge is 0.772 e. The molecular formula is C14H27O4S-. The molecule has 0 aromatic rings. The Kier molecular flexibility index (Phi) is 13.7. The molecule has 0 N–H and O–H groups in total. The zero-order chi connectivity index (χ0) is 14.3. The number of carbonyl (C=O) groups excluding carboxylic acids is 1. The molecule has 114 valence electrons. The smallest absolute Gasteiger partial charge is 0.317 e. The van der Waals surface area contributed by atoms with Crippen molar-refractivity contribution in [3.05, 3.63) is 0 Å². The summed E-state index contributed by atoms with van der Waals surface area (Å²) in [6.45, 7) is 2.56. The second kappa shape index (κ2) is 14.0. The molecule has 0 aliphatic heterocycles. The molecule has 0 saturated heterocycles. The normalized spacial score (nSPS) is 12.3.